The Morgan fingerprint density at radius 3 is 2.85 bits per heavy atom. The molecule has 1 aromatic heterocycles. The van der Waals surface area contributed by atoms with Gasteiger partial charge in [0.2, 0.25) is 5.89 Å². The van der Waals surface area contributed by atoms with Crippen molar-refractivity contribution in [3.05, 3.63) is 24.1 Å². The van der Waals surface area contributed by atoms with Gasteiger partial charge in [0.15, 0.2) is 5.58 Å². The Bertz CT molecular complexity index is 433. The first-order valence-electron chi connectivity index (χ1n) is 4.09. The number of nitrogens with two attached hydrogens (primary N) is 2. The Kier molecular flexibility index (Phi) is 1.70. The van der Waals surface area contributed by atoms with Crippen molar-refractivity contribution in [2.24, 2.45) is 5.73 Å². The molecule has 0 aliphatic rings. The van der Waals surface area contributed by atoms with E-state index in [9.17, 15) is 0 Å². The standard InChI is InChI=1S/C9H11N3O/c1-5(10)9-12-8-6(11)3-2-4-7(8)13-9/h2-5H,10-11H2,1H3. The highest BCUT2D eigenvalue weighted by atomic mass is 16.3. The molecule has 0 aliphatic carbocycles. The molecule has 13 heavy (non-hydrogen) atoms. The van der Waals surface area contributed by atoms with Crippen LogP contribution in [0.5, 0.6) is 0 Å². The van der Waals surface area contributed by atoms with Crippen molar-refractivity contribution in [1.29, 1.82) is 0 Å². The number of anilines is 1. The molecule has 2 rings (SSSR count). The summed E-state index contributed by atoms with van der Waals surface area (Å²) in [5, 5.41) is 0. The van der Waals surface area contributed by atoms with Crippen LogP contribution < -0.4 is 11.5 Å². The summed E-state index contributed by atoms with van der Waals surface area (Å²) in [6.07, 6.45) is 0. The van der Waals surface area contributed by atoms with Crippen molar-refractivity contribution in [1.82, 2.24) is 4.98 Å². The van der Waals surface area contributed by atoms with Gasteiger partial charge in [-0.3, -0.25) is 0 Å². The van der Waals surface area contributed by atoms with Crippen LogP contribution in [0.3, 0.4) is 0 Å². The van der Waals surface area contributed by atoms with Crippen LogP contribution >= 0.6 is 0 Å². The third kappa shape index (κ3) is 1.25. The monoisotopic (exact) mass is 177 g/mol. The summed E-state index contributed by atoms with van der Waals surface area (Å²) in [5.74, 6) is 0.521. The molecular formula is C9H11N3O. The maximum Gasteiger partial charge on any atom is 0.212 e. The van der Waals surface area contributed by atoms with Gasteiger partial charge in [-0.2, -0.15) is 0 Å². The van der Waals surface area contributed by atoms with Crippen molar-refractivity contribution in [3.8, 4) is 0 Å². The Morgan fingerprint density at radius 2 is 2.23 bits per heavy atom. The second kappa shape index (κ2) is 2.74. The van der Waals surface area contributed by atoms with Crippen LogP contribution in [0.25, 0.3) is 11.1 Å². The molecular weight excluding hydrogens is 166 g/mol. The average Bonchev–Trinajstić information content (AvgIpc) is 2.49. The summed E-state index contributed by atoms with van der Waals surface area (Å²) in [6.45, 7) is 1.82. The fourth-order valence-electron chi connectivity index (χ4n) is 1.18. The summed E-state index contributed by atoms with van der Waals surface area (Å²) >= 11 is 0. The van der Waals surface area contributed by atoms with E-state index >= 15 is 0 Å². The second-order valence-corrected chi connectivity index (χ2v) is 3.03. The number of rotatable bonds is 1. The van der Waals surface area contributed by atoms with E-state index in [1.807, 2.05) is 19.1 Å². The Labute approximate surface area is 75.5 Å². The predicted octanol–water partition coefficient (Wildman–Crippen LogP) is 1.43. The Balaban J connectivity index is 2.68. The van der Waals surface area contributed by atoms with Gasteiger partial charge in [0.25, 0.3) is 0 Å². The predicted molar refractivity (Wildman–Crippen MR) is 51.0 cm³/mol. The largest absolute Gasteiger partial charge is 0.439 e. The van der Waals surface area contributed by atoms with E-state index in [2.05, 4.69) is 4.98 Å². The fourth-order valence-corrected chi connectivity index (χ4v) is 1.18. The fraction of sp³-hybridized carbons (Fsp3) is 0.222. The van der Waals surface area contributed by atoms with Gasteiger partial charge >= 0.3 is 0 Å². The van der Waals surface area contributed by atoms with Gasteiger partial charge in [-0.1, -0.05) is 6.07 Å². The van der Waals surface area contributed by atoms with Crippen LogP contribution in [-0.2, 0) is 0 Å². The first-order valence-corrected chi connectivity index (χ1v) is 4.09. The topological polar surface area (TPSA) is 78.1 Å². The maximum absolute atomic E-state index is 5.71. The van der Waals surface area contributed by atoms with Crippen molar-refractivity contribution >= 4 is 16.8 Å². The minimum absolute atomic E-state index is 0.202. The molecule has 0 radical (unpaired) electrons. The maximum atomic E-state index is 5.71. The highest BCUT2D eigenvalue weighted by Gasteiger charge is 2.10. The third-order valence-electron chi connectivity index (χ3n) is 1.86. The van der Waals surface area contributed by atoms with E-state index < -0.39 is 0 Å². The van der Waals surface area contributed by atoms with E-state index in [0.29, 0.717) is 22.7 Å². The average molecular weight is 177 g/mol. The van der Waals surface area contributed by atoms with Crippen molar-refractivity contribution in [3.63, 3.8) is 0 Å². The third-order valence-corrected chi connectivity index (χ3v) is 1.86. The van der Waals surface area contributed by atoms with Gasteiger partial charge in [0, 0.05) is 0 Å². The van der Waals surface area contributed by atoms with Gasteiger partial charge in [0.05, 0.1) is 11.7 Å². The molecule has 68 valence electrons. The van der Waals surface area contributed by atoms with Gasteiger partial charge in [0.1, 0.15) is 5.52 Å². The van der Waals surface area contributed by atoms with E-state index in [1.54, 1.807) is 6.07 Å². The normalized spacial score (nSPS) is 13.4. The highest BCUT2D eigenvalue weighted by Crippen LogP contribution is 2.23. The molecule has 0 fully saturated rings. The lowest BCUT2D eigenvalue weighted by molar-refractivity contribution is 0.493. The number of fused-ring (bicyclic) bond motifs is 1. The molecule has 1 aromatic carbocycles. The van der Waals surface area contributed by atoms with Crippen LogP contribution in [0.4, 0.5) is 5.69 Å². The quantitative estimate of drug-likeness (QED) is 0.646. The van der Waals surface area contributed by atoms with Gasteiger partial charge in [-0.25, -0.2) is 4.98 Å². The smallest absolute Gasteiger partial charge is 0.212 e. The molecule has 4 heteroatoms. The number of oxazole rings is 1. The molecule has 0 bridgehead atoms. The van der Waals surface area contributed by atoms with Crippen LogP contribution in [0, 0.1) is 0 Å². The molecule has 0 saturated carbocycles. The van der Waals surface area contributed by atoms with Crippen molar-refractivity contribution in [2.75, 3.05) is 5.73 Å². The number of nitrogens with zero attached hydrogens (tertiary/aromatic N) is 1. The minimum Gasteiger partial charge on any atom is -0.439 e. The molecule has 0 aliphatic heterocycles. The molecule has 2 aromatic rings. The Hall–Kier alpha value is -1.55. The lowest BCUT2D eigenvalue weighted by Crippen LogP contribution is -2.04. The number of hydrogen-bond donors (Lipinski definition) is 2. The van der Waals surface area contributed by atoms with Gasteiger partial charge < -0.3 is 15.9 Å². The number of benzene rings is 1. The Morgan fingerprint density at radius 1 is 1.46 bits per heavy atom. The molecule has 4 nitrogen and oxygen atoms in total. The molecule has 1 heterocycles. The van der Waals surface area contributed by atoms with Crippen LogP contribution in [-0.4, -0.2) is 4.98 Å². The number of para-hydroxylation sites is 1. The molecule has 1 unspecified atom stereocenters. The summed E-state index contributed by atoms with van der Waals surface area (Å²) in [7, 11) is 0. The SMILES string of the molecule is CC(N)c1nc2c(N)cccc2o1. The lowest BCUT2D eigenvalue weighted by atomic mass is 10.3. The molecule has 0 saturated heterocycles. The number of hydrogen-bond acceptors (Lipinski definition) is 4. The zero-order chi connectivity index (χ0) is 9.42. The zero-order valence-corrected chi connectivity index (χ0v) is 7.32. The molecule has 1 atom stereocenters. The minimum atomic E-state index is -0.202. The van der Waals surface area contributed by atoms with Gasteiger partial charge in [-0.05, 0) is 19.1 Å². The lowest BCUT2D eigenvalue weighted by Gasteiger charge is -1.94. The number of aromatic nitrogens is 1. The molecule has 4 N–H and O–H groups in total. The van der Waals surface area contributed by atoms with Crippen LogP contribution in [0.2, 0.25) is 0 Å². The summed E-state index contributed by atoms with van der Waals surface area (Å²) in [6, 6.07) is 5.24. The van der Waals surface area contributed by atoms with Crippen LogP contribution in [0.1, 0.15) is 18.9 Å². The van der Waals surface area contributed by atoms with E-state index in [4.69, 9.17) is 15.9 Å². The van der Waals surface area contributed by atoms with Crippen molar-refractivity contribution in [2.45, 2.75) is 13.0 Å². The molecule has 0 spiro atoms. The first kappa shape index (κ1) is 8.07. The first-order chi connectivity index (χ1) is 6.18. The highest BCUT2D eigenvalue weighted by molar-refractivity contribution is 5.85. The summed E-state index contributed by atoms with van der Waals surface area (Å²) < 4.78 is 5.39. The number of nitrogen functional groups attached to an aromatic ring is 1. The van der Waals surface area contributed by atoms with Gasteiger partial charge in [-0.15, -0.1) is 0 Å². The second-order valence-electron chi connectivity index (χ2n) is 3.03. The van der Waals surface area contributed by atoms with E-state index in [1.165, 1.54) is 0 Å². The molecule has 0 amide bonds. The van der Waals surface area contributed by atoms with Crippen molar-refractivity contribution < 1.29 is 4.42 Å². The summed E-state index contributed by atoms with van der Waals surface area (Å²) in [4.78, 5) is 4.20. The van der Waals surface area contributed by atoms with Crippen LogP contribution in [0.15, 0.2) is 22.6 Å². The summed E-state index contributed by atoms with van der Waals surface area (Å²) in [5.41, 5.74) is 13.3. The van der Waals surface area contributed by atoms with E-state index in [0.717, 1.165) is 0 Å². The van der Waals surface area contributed by atoms with E-state index in [-0.39, 0.29) is 6.04 Å². The zero-order valence-electron chi connectivity index (χ0n) is 7.32.